The van der Waals surface area contributed by atoms with Gasteiger partial charge in [-0.05, 0) is 31.0 Å². The fourth-order valence-corrected chi connectivity index (χ4v) is 4.18. The summed E-state index contributed by atoms with van der Waals surface area (Å²) in [6, 6.07) is 6.51. The highest BCUT2D eigenvalue weighted by atomic mass is 19.1. The van der Waals surface area contributed by atoms with Crippen molar-refractivity contribution >= 4 is 17.6 Å². The van der Waals surface area contributed by atoms with Crippen LogP contribution in [-0.2, 0) is 4.79 Å². The number of hydrazone groups is 1. The lowest BCUT2D eigenvalue weighted by molar-refractivity contribution is -0.130. The van der Waals surface area contributed by atoms with E-state index in [9.17, 15) is 9.18 Å². The Kier molecular flexibility index (Phi) is 6.15. The van der Waals surface area contributed by atoms with E-state index in [1.807, 2.05) is 41.9 Å². The van der Waals surface area contributed by atoms with Crippen LogP contribution in [0.25, 0.3) is 11.1 Å². The van der Waals surface area contributed by atoms with Crippen LogP contribution in [0.3, 0.4) is 0 Å². The second-order valence-electron chi connectivity index (χ2n) is 8.49. The Morgan fingerprint density at radius 1 is 1.29 bits per heavy atom. The summed E-state index contributed by atoms with van der Waals surface area (Å²) in [5, 5.41) is 6.44. The predicted molar refractivity (Wildman–Crippen MR) is 120 cm³/mol. The second-order valence-corrected chi connectivity index (χ2v) is 8.49. The summed E-state index contributed by atoms with van der Waals surface area (Å²) in [4.78, 5) is 25.8. The molecular weight excluding hydrogens is 395 g/mol. The number of hydrogen-bond acceptors (Lipinski definition) is 6. The Labute approximate surface area is 182 Å². The molecule has 0 aliphatic carbocycles. The third-order valence-electron chi connectivity index (χ3n) is 5.90. The van der Waals surface area contributed by atoms with Crippen molar-refractivity contribution in [3.8, 4) is 11.1 Å². The Balaban J connectivity index is 1.51. The summed E-state index contributed by atoms with van der Waals surface area (Å²) in [6.07, 6.45) is 4.04. The molecule has 1 amide bonds. The molecule has 2 aliphatic heterocycles. The molecule has 0 saturated carbocycles. The first-order valence-corrected chi connectivity index (χ1v) is 10.8. The highest BCUT2D eigenvalue weighted by molar-refractivity contribution is 5.83. The standard InChI is InChI=1S/C23H29FN6O/c1-16-7-11-30(27-16)12-9-21(31)29-10-8-18(15-29)22-20(14-25-23(26-22)28(2)3)17-5-4-6-19(24)13-17/h4-6,13-14,18H,7-12,15H2,1-3H3/t18-/m0/s1. The van der Waals surface area contributed by atoms with Crippen molar-refractivity contribution in [3.63, 3.8) is 0 Å². The van der Waals surface area contributed by atoms with Crippen molar-refractivity contribution < 1.29 is 9.18 Å². The van der Waals surface area contributed by atoms with Crippen molar-refractivity contribution in [2.45, 2.75) is 32.1 Å². The number of anilines is 1. The van der Waals surface area contributed by atoms with Crippen molar-refractivity contribution in [2.75, 3.05) is 45.2 Å². The molecule has 0 spiro atoms. The van der Waals surface area contributed by atoms with Crippen LogP contribution in [0.1, 0.15) is 37.8 Å². The van der Waals surface area contributed by atoms with Crippen molar-refractivity contribution in [2.24, 2.45) is 5.10 Å². The first-order valence-electron chi connectivity index (χ1n) is 10.8. The second kappa shape index (κ2) is 8.99. The molecule has 3 heterocycles. The largest absolute Gasteiger partial charge is 0.347 e. The first kappa shape index (κ1) is 21.2. The number of likely N-dealkylation sites (tertiary alicyclic amines) is 1. The molecule has 0 unspecified atom stereocenters. The minimum Gasteiger partial charge on any atom is -0.347 e. The molecule has 1 saturated heterocycles. The van der Waals surface area contributed by atoms with E-state index < -0.39 is 0 Å². The van der Waals surface area contributed by atoms with Crippen LogP contribution in [0, 0.1) is 5.82 Å². The fourth-order valence-electron chi connectivity index (χ4n) is 4.18. The Morgan fingerprint density at radius 2 is 2.13 bits per heavy atom. The van der Waals surface area contributed by atoms with Gasteiger partial charge in [-0.1, -0.05) is 12.1 Å². The zero-order valence-electron chi connectivity index (χ0n) is 18.4. The summed E-state index contributed by atoms with van der Waals surface area (Å²) in [5.41, 5.74) is 3.58. The highest BCUT2D eigenvalue weighted by Gasteiger charge is 2.31. The van der Waals surface area contributed by atoms with Gasteiger partial charge in [-0.25, -0.2) is 14.4 Å². The summed E-state index contributed by atoms with van der Waals surface area (Å²) in [5.74, 6) is 0.567. The molecule has 4 rings (SSSR count). The molecule has 1 aromatic carbocycles. The smallest absolute Gasteiger partial charge is 0.225 e. The van der Waals surface area contributed by atoms with Crippen molar-refractivity contribution in [3.05, 3.63) is 42.0 Å². The summed E-state index contributed by atoms with van der Waals surface area (Å²) < 4.78 is 13.9. The lowest BCUT2D eigenvalue weighted by Crippen LogP contribution is -2.31. The van der Waals surface area contributed by atoms with Gasteiger partial charge in [-0.2, -0.15) is 5.10 Å². The van der Waals surface area contributed by atoms with E-state index in [0.29, 0.717) is 32.0 Å². The maximum Gasteiger partial charge on any atom is 0.225 e. The molecule has 8 heteroatoms. The van der Waals surface area contributed by atoms with Gasteiger partial charge in [0.25, 0.3) is 0 Å². The van der Waals surface area contributed by atoms with Crippen molar-refractivity contribution in [1.29, 1.82) is 0 Å². The zero-order valence-corrected chi connectivity index (χ0v) is 18.4. The Hall–Kier alpha value is -3.03. The summed E-state index contributed by atoms with van der Waals surface area (Å²) in [6.45, 7) is 4.90. The van der Waals surface area contributed by atoms with Crippen LogP contribution >= 0.6 is 0 Å². The normalized spacial score (nSPS) is 18.5. The molecule has 0 N–H and O–H groups in total. The molecule has 1 atom stereocenters. The number of halogens is 1. The number of aromatic nitrogens is 2. The van der Waals surface area contributed by atoms with Gasteiger partial charge in [-0.15, -0.1) is 0 Å². The lowest BCUT2D eigenvalue weighted by atomic mass is 9.96. The van der Waals surface area contributed by atoms with Gasteiger partial charge in [0.05, 0.1) is 5.69 Å². The van der Waals surface area contributed by atoms with Crippen LogP contribution in [0.5, 0.6) is 0 Å². The highest BCUT2D eigenvalue weighted by Crippen LogP contribution is 2.34. The first-order chi connectivity index (χ1) is 14.9. The fraction of sp³-hybridized carbons (Fsp3) is 0.478. The number of benzene rings is 1. The quantitative estimate of drug-likeness (QED) is 0.713. The van der Waals surface area contributed by atoms with Gasteiger partial charge in [0.15, 0.2) is 0 Å². The van der Waals surface area contributed by atoms with Crippen LogP contribution in [0.4, 0.5) is 10.3 Å². The SMILES string of the molecule is CC1=NN(CCC(=O)N2CC[C@H](c3nc(N(C)C)ncc3-c3cccc(F)c3)C2)CC1. The average Bonchev–Trinajstić information content (AvgIpc) is 3.41. The predicted octanol–water partition coefficient (Wildman–Crippen LogP) is 3.14. The molecule has 2 aliphatic rings. The molecule has 7 nitrogen and oxygen atoms in total. The van der Waals surface area contributed by atoms with E-state index >= 15 is 0 Å². The van der Waals surface area contributed by atoms with Crippen LogP contribution < -0.4 is 4.90 Å². The van der Waals surface area contributed by atoms with E-state index in [1.165, 1.54) is 12.1 Å². The van der Waals surface area contributed by atoms with Gasteiger partial charge >= 0.3 is 0 Å². The number of carbonyl (C=O) groups excluding carboxylic acids is 1. The molecule has 0 radical (unpaired) electrons. The number of hydrogen-bond donors (Lipinski definition) is 0. The third-order valence-corrected chi connectivity index (χ3v) is 5.90. The molecule has 1 aromatic heterocycles. The van der Waals surface area contributed by atoms with Gasteiger partial charge in [0, 0.05) is 76.5 Å². The summed E-state index contributed by atoms with van der Waals surface area (Å²) >= 11 is 0. The van der Waals surface area contributed by atoms with E-state index in [2.05, 4.69) is 10.1 Å². The minimum absolute atomic E-state index is 0.0935. The number of amides is 1. The molecular formula is C23H29FN6O. The zero-order chi connectivity index (χ0) is 22.0. The minimum atomic E-state index is -0.289. The monoisotopic (exact) mass is 424 g/mol. The maximum absolute atomic E-state index is 13.9. The molecule has 1 fully saturated rings. The Bertz CT molecular complexity index is 992. The van der Waals surface area contributed by atoms with Crippen LogP contribution in [-0.4, -0.2) is 71.8 Å². The number of carbonyl (C=O) groups is 1. The average molecular weight is 425 g/mol. The molecule has 164 valence electrons. The van der Waals surface area contributed by atoms with Gasteiger partial charge in [0.2, 0.25) is 11.9 Å². The van der Waals surface area contributed by atoms with Gasteiger partial charge in [-0.3, -0.25) is 9.80 Å². The lowest BCUT2D eigenvalue weighted by Gasteiger charge is -2.20. The van der Waals surface area contributed by atoms with E-state index in [0.717, 1.165) is 41.9 Å². The maximum atomic E-state index is 13.9. The van der Waals surface area contributed by atoms with E-state index in [-0.39, 0.29) is 17.6 Å². The van der Waals surface area contributed by atoms with Crippen LogP contribution in [0.2, 0.25) is 0 Å². The topological polar surface area (TPSA) is 64.9 Å². The summed E-state index contributed by atoms with van der Waals surface area (Å²) in [7, 11) is 3.79. The number of nitrogens with zero attached hydrogens (tertiary/aromatic N) is 6. The van der Waals surface area contributed by atoms with Gasteiger partial charge in [0.1, 0.15) is 5.82 Å². The number of rotatable bonds is 6. The van der Waals surface area contributed by atoms with E-state index in [4.69, 9.17) is 4.98 Å². The molecule has 0 bridgehead atoms. The van der Waals surface area contributed by atoms with Crippen LogP contribution in [0.15, 0.2) is 35.6 Å². The van der Waals surface area contributed by atoms with Crippen molar-refractivity contribution in [1.82, 2.24) is 19.9 Å². The van der Waals surface area contributed by atoms with Gasteiger partial charge < -0.3 is 9.80 Å². The molecule has 31 heavy (non-hydrogen) atoms. The molecule has 2 aromatic rings. The van der Waals surface area contributed by atoms with E-state index in [1.54, 1.807) is 12.3 Å². The Morgan fingerprint density at radius 3 is 2.84 bits per heavy atom. The third kappa shape index (κ3) is 4.84.